The molecular formula is C18H25N3O7S. The van der Waals surface area contributed by atoms with Crippen molar-refractivity contribution in [1.29, 1.82) is 0 Å². The molecular weight excluding hydrogens is 402 g/mol. The van der Waals surface area contributed by atoms with Crippen LogP contribution in [0.2, 0.25) is 0 Å². The van der Waals surface area contributed by atoms with Gasteiger partial charge in [-0.05, 0) is 26.0 Å². The molecule has 0 N–H and O–H groups in total. The van der Waals surface area contributed by atoms with Gasteiger partial charge in [-0.3, -0.25) is 14.9 Å². The Labute approximate surface area is 169 Å². The zero-order chi connectivity index (χ0) is 21.6. The first-order valence-electron chi connectivity index (χ1n) is 9.08. The summed E-state index contributed by atoms with van der Waals surface area (Å²) in [5.41, 5.74) is 0.277. The van der Waals surface area contributed by atoms with Crippen LogP contribution in [0.25, 0.3) is 0 Å². The largest absolute Gasteiger partial charge is 0.477 e. The number of morpholine rings is 1. The molecule has 1 aromatic carbocycles. The SMILES string of the molecule is C=C(C)CN(CC)C(=O)COc1ccc(S(=O)(=O)N2CCOCC2)cc1[N+](=O)[O-]. The summed E-state index contributed by atoms with van der Waals surface area (Å²) in [6, 6.07) is 3.40. The fraction of sp³-hybridized carbons (Fsp3) is 0.500. The number of amides is 1. The van der Waals surface area contributed by atoms with E-state index >= 15 is 0 Å². The maximum Gasteiger partial charge on any atom is 0.312 e. The number of benzene rings is 1. The van der Waals surface area contributed by atoms with Gasteiger partial charge in [0.1, 0.15) is 0 Å². The zero-order valence-electron chi connectivity index (χ0n) is 16.5. The predicted molar refractivity (Wildman–Crippen MR) is 105 cm³/mol. The molecule has 0 bridgehead atoms. The molecule has 160 valence electrons. The summed E-state index contributed by atoms with van der Waals surface area (Å²) in [6.07, 6.45) is 0. The number of carbonyl (C=O) groups excluding carboxylic acids is 1. The van der Waals surface area contributed by atoms with E-state index in [0.29, 0.717) is 13.1 Å². The summed E-state index contributed by atoms with van der Waals surface area (Å²) in [5, 5.41) is 11.4. The normalized spacial score (nSPS) is 15.0. The first kappa shape index (κ1) is 22.8. The second-order valence-corrected chi connectivity index (χ2v) is 8.49. The maximum absolute atomic E-state index is 12.7. The van der Waals surface area contributed by atoms with Gasteiger partial charge >= 0.3 is 5.69 Å². The summed E-state index contributed by atoms with van der Waals surface area (Å²) in [7, 11) is -3.89. The van der Waals surface area contributed by atoms with Gasteiger partial charge in [0.15, 0.2) is 12.4 Å². The minimum Gasteiger partial charge on any atom is -0.477 e. The molecule has 0 unspecified atom stereocenters. The number of sulfonamides is 1. The molecule has 1 aliphatic heterocycles. The van der Waals surface area contributed by atoms with Crippen molar-refractivity contribution in [3.63, 3.8) is 0 Å². The molecule has 1 amide bonds. The Morgan fingerprint density at radius 1 is 1.38 bits per heavy atom. The molecule has 0 atom stereocenters. The molecule has 2 rings (SSSR count). The van der Waals surface area contributed by atoms with Crippen molar-refractivity contribution in [2.45, 2.75) is 18.7 Å². The van der Waals surface area contributed by atoms with E-state index in [4.69, 9.17) is 9.47 Å². The highest BCUT2D eigenvalue weighted by molar-refractivity contribution is 7.89. The Kier molecular flexibility index (Phi) is 7.71. The molecule has 0 saturated carbocycles. The van der Waals surface area contributed by atoms with Crippen LogP contribution in [0.5, 0.6) is 5.75 Å². The van der Waals surface area contributed by atoms with Gasteiger partial charge in [0.05, 0.1) is 23.0 Å². The first-order chi connectivity index (χ1) is 13.7. The van der Waals surface area contributed by atoms with Crippen molar-refractivity contribution in [3.05, 3.63) is 40.5 Å². The highest BCUT2D eigenvalue weighted by atomic mass is 32.2. The average molecular weight is 427 g/mol. The van der Waals surface area contributed by atoms with Crippen LogP contribution < -0.4 is 4.74 Å². The predicted octanol–water partition coefficient (Wildman–Crippen LogP) is 1.42. The van der Waals surface area contributed by atoms with Gasteiger partial charge in [0.2, 0.25) is 10.0 Å². The Hall–Kier alpha value is -2.50. The number of likely N-dealkylation sites (N-methyl/N-ethyl adjacent to an activating group) is 1. The molecule has 1 heterocycles. The van der Waals surface area contributed by atoms with E-state index in [1.807, 2.05) is 0 Å². The zero-order valence-corrected chi connectivity index (χ0v) is 17.3. The summed E-state index contributed by atoms with van der Waals surface area (Å²) in [6.45, 7) is 8.63. The van der Waals surface area contributed by atoms with Gasteiger partial charge < -0.3 is 14.4 Å². The molecule has 0 spiro atoms. The van der Waals surface area contributed by atoms with Crippen molar-refractivity contribution in [2.24, 2.45) is 0 Å². The molecule has 11 heteroatoms. The van der Waals surface area contributed by atoms with Crippen LogP contribution in [-0.4, -0.2) is 74.5 Å². The van der Waals surface area contributed by atoms with Crippen LogP contribution in [0.3, 0.4) is 0 Å². The Morgan fingerprint density at radius 3 is 2.59 bits per heavy atom. The monoisotopic (exact) mass is 427 g/mol. The highest BCUT2D eigenvalue weighted by Gasteiger charge is 2.29. The van der Waals surface area contributed by atoms with Crippen molar-refractivity contribution in [3.8, 4) is 5.75 Å². The average Bonchev–Trinajstić information content (AvgIpc) is 2.70. The standard InChI is InChI=1S/C18H25N3O7S/c1-4-19(12-14(2)3)18(22)13-28-17-6-5-15(11-16(17)21(23)24)29(25,26)20-7-9-27-10-8-20/h5-6,11H,2,4,7-10,12-13H2,1,3H3. The maximum atomic E-state index is 12.7. The third kappa shape index (κ3) is 5.75. The lowest BCUT2D eigenvalue weighted by Crippen LogP contribution is -2.40. The summed E-state index contributed by atoms with van der Waals surface area (Å²) >= 11 is 0. The lowest BCUT2D eigenvalue weighted by molar-refractivity contribution is -0.386. The minimum absolute atomic E-state index is 0.171. The lowest BCUT2D eigenvalue weighted by Gasteiger charge is -2.26. The second-order valence-electron chi connectivity index (χ2n) is 6.56. The topological polar surface area (TPSA) is 119 Å². The number of nitro groups is 1. The van der Waals surface area contributed by atoms with Crippen LogP contribution in [0.4, 0.5) is 5.69 Å². The number of rotatable bonds is 9. The first-order valence-corrected chi connectivity index (χ1v) is 10.5. The molecule has 1 saturated heterocycles. The van der Waals surface area contributed by atoms with Crippen LogP contribution >= 0.6 is 0 Å². The number of ether oxygens (including phenoxy) is 2. The molecule has 0 radical (unpaired) electrons. The second kappa shape index (κ2) is 9.81. The Morgan fingerprint density at radius 2 is 2.03 bits per heavy atom. The van der Waals surface area contributed by atoms with E-state index in [-0.39, 0.29) is 42.9 Å². The molecule has 0 aromatic heterocycles. The molecule has 1 aliphatic rings. The molecule has 0 aliphatic carbocycles. The van der Waals surface area contributed by atoms with Gasteiger partial charge in [-0.25, -0.2) is 8.42 Å². The van der Waals surface area contributed by atoms with Crippen LogP contribution in [0.15, 0.2) is 35.2 Å². The van der Waals surface area contributed by atoms with E-state index in [1.54, 1.807) is 13.8 Å². The van der Waals surface area contributed by atoms with E-state index in [9.17, 15) is 23.3 Å². The van der Waals surface area contributed by atoms with Crippen LogP contribution in [-0.2, 0) is 19.6 Å². The Balaban J connectivity index is 2.20. The Bertz CT molecular complexity index is 879. The van der Waals surface area contributed by atoms with E-state index in [1.165, 1.54) is 21.3 Å². The molecule has 10 nitrogen and oxygen atoms in total. The van der Waals surface area contributed by atoms with Crippen molar-refractivity contribution < 1.29 is 27.6 Å². The highest BCUT2D eigenvalue weighted by Crippen LogP contribution is 2.31. The molecule has 29 heavy (non-hydrogen) atoms. The fourth-order valence-corrected chi connectivity index (χ4v) is 4.22. The third-order valence-electron chi connectivity index (χ3n) is 4.28. The van der Waals surface area contributed by atoms with E-state index < -0.39 is 27.2 Å². The summed E-state index contributed by atoms with van der Waals surface area (Å²) < 4.78 is 37.1. The third-order valence-corrected chi connectivity index (χ3v) is 6.18. The number of nitrogens with zero attached hydrogens (tertiary/aromatic N) is 3. The van der Waals surface area contributed by atoms with Crippen LogP contribution in [0, 0.1) is 10.1 Å². The van der Waals surface area contributed by atoms with Gasteiger partial charge in [0.25, 0.3) is 5.91 Å². The number of nitro benzene ring substituents is 1. The lowest BCUT2D eigenvalue weighted by atomic mass is 10.3. The van der Waals surface area contributed by atoms with Gasteiger partial charge in [-0.1, -0.05) is 12.2 Å². The van der Waals surface area contributed by atoms with E-state index in [0.717, 1.165) is 11.6 Å². The van der Waals surface area contributed by atoms with Crippen molar-refractivity contribution >= 4 is 21.6 Å². The minimum atomic E-state index is -3.89. The van der Waals surface area contributed by atoms with Gasteiger partial charge in [0, 0.05) is 32.2 Å². The smallest absolute Gasteiger partial charge is 0.312 e. The number of carbonyl (C=O) groups is 1. The van der Waals surface area contributed by atoms with Crippen molar-refractivity contribution in [1.82, 2.24) is 9.21 Å². The quantitative estimate of drug-likeness (QED) is 0.332. The molecule has 1 fully saturated rings. The van der Waals surface area contributed by atoms with E-state index in [2.05, 4.69) is 6.58 Å². The van der Waals surface area contributed by atoms with Crippen molar-refractivity contribution in [2.75, 3.05) is 46.0 Å². The van der Waals surface area contributed by atoms with Gasteiger partial charge in [-0.15, -0.1) is 0 Å². The molecule has 1 aromatic rings. The van der Waals surface area contributed by atoms with Gasteiger partial charge in [-0.2, -0.15) is 4.31 Å². The number of hydrogen-bond acceptors (Lipinski definition) is 7. The van der Waals surface area contributed by atoms with Crippen LogP contribution in [0.1, 0.15) is 13.8 Å². The summed E-state index contributed by atoms with van der Waals surface area (Å²) in [4.78, 5) is 24.3. The number of hydrogen-bond donors (Lipinski definition) is 0. The summed E-state index contributed by atoms with van der Waals surface area (Å²) in [5.74, 6) is -0.523. The fourth-order valence-electron chi connectivity index (χ4n) is 2.79.